The summed E-state index contributed by atoms with van der Waals surface area (Å²) in [7, 11) is 0. The van der Waals surface area contributed by atoms with Crippen molar-refractivity contribution >= 4 is 11.6 Å². The summed E-state index contributed by atoms with van der Waals surface area (Å²) in [5.74, 6) is -0.0990. The fourth-order valence-corrected chi connectivity index (χ4v) is 2.34. The number of nitrogens with zero attached hydrogens (tertiary/aromatic N) is 2. The fourth-order valence-electron chi connectivity index (χ4n) is 2.34. The number of hydrogen-bond donors (Lipinski definition) is 1. The van der Waals surface area contributed by atoms with Crippen LogP contribution in [0.3, 0.4) is 0 Å². The van der Waals surface area contributed by atoms with Gasteiger partial charge in [-0.15, -0.1) is 0 Å². The van der Waals surface area contributed by atoms with Gasteiger partial charge < -0.3 is 9.88 Å². The Morgan fingerprint density at radius 3 is 2.59 bits per heavy atom. The lowest BCUT2D eigenvalue weighted by molar-refractivity contribution is 0.102. The Hall–Kier alpha value is -2.88. The molecule has 0 radical (unpaired) electrons. The minimum atomic E-state index is -0.0990. The first-order valence-corrected chi connectivity index (χ1v) is 7.25. The van der Waals surface area contributed by atoms with Gasteiger partial charge in [-0.25, -0.2) is 4.98 Å². The van der Waals surface area contributed by atoms with Gasteiger partial charge in [-0.3, -0.25) is 4.79 Å². The van der Waals surface area contributed by atoms with E-state index in [0.29, 0.717) is 5.56 Å². The lowest BCUT2D eigenvalue weighted by Crippen LogP contribution is -2.13. The standard InChI is InChI=1S/C18H17N3O/c1-2-14-5-3-4-6-17(14)20-18(22)15-7-9-16(10-8-15)21-12-11-19-13-21/h3-13H,2H2,1H3,(H,20,22). The van der Waals surface area contributed by atoms with Gasteiger partial charge in [0.1, 0.15) is 0 Å². The molecular formula is C18H17N3O. The number of para-hydroxylation sites is 1. The van der Waals surface area contributed by atoms with Crippen LogP contribution in [0.1, 0.15) is 22.8 Å². The van der Waals surface area contributed by atoms with Crippen molar-refractivity contribution < 1.29 is 4.79 Å². The van der Waals surface area contributed by atoms with Crippen LogP contribution in [0.4, 0.5) is 5.69 Å². The highest BCUT2D eigenvalue weighted by Crippen LogP contribution is 2.17. The van der Waals surface area contributed by atoms with Gasteiger partial charge in [0.2, 0.25) is 0 Å². The normalized spacial score (nSPS) is 10.4. The summed E-state index contributed by atoms with van der Waals surface area (Å²) in [5.41, 5.74) is 3.61. The molecule has 110 valence electrons. The summed E-state index contributed by atoms with van der Waals surface area (Å²) < 4.78 is 1.90. The van der Waals surface area contributed by atoms with Crippen molar-refractivity contribution in [3.63, 3.8) is 0 Å². The maximum absolute atomic E-state index is 12.3. The molecule has 22 heavy (non-hydrogen) atoms. The summed E-state index contributed by atoms with van der Waals surface area (Å²) in [4.78, 5) is 16.4. The maximum atomic E-state index is 12.3. The van der Waals surface area contributed by atoms with E-state index in [9.17, 15) is 4.79 Å². The number of nitrogens with one attached hydrogen (secondary N) is 1. The maximum Gasteiger partial charge on any atom is 0.255 e. The van der Waals surface area contributed by atoms with Crippen molar-refractivity contribution in [2.75, 3.05) is 5.32 Å². The number of aryl methyl sites for hydroxylation is 1. The molecule has 0 aliphatic rings. The van der Waals surface area contributed by atoms with Crippen molar-refractivity contribution in [3.8, 4) is 5.69 Å². The van der Waals surface area contributed by atoms with Gasteiger partial charge in [0, 0.05) is 29.3 Å². The highest BCUT2D eigenvalue weighted by molar-refractivity contribution is 6.04. The van der Waals surface area contributed by atoms with Crippen LogP contribution >= 0.6 is 0 Å². The molecule has 1 aromatic heterocycles. The number of carbonyl (C=O) groups is 1. The van der Waals surface area contributed by atoms with E-state index in [-0.39, 0.29) is 5.91 Å². The van der Waals surface area contributed by atoms with Crippen LogP contribution in [0.5, 0.6) is 0 Å². The highest BCUT2D eigenvalue weighted by Gasteiger charge is 2.08. The summed E-state index contributed by atoms with van der Waals surface area (Å²) >= 11 is 0. The van der Waals surface area contributed by atoms with Crippen molar-refractivity contribution in [1.29, 1.82) is 0 Å². The molecule has 0 saturated heterocycles. The predicted octanol–water partition coefficient (Wildman–Crippen LogP) is 3.69. The zero-order valence-corrected chi connectivity index (χ0v) is 12.4. The first-order valence-electron chi connectivity index (χ1n) is 7.25. The van der Waals surface area contributed by atoms with Gasteiger partial charge in [-0.05, 0) is 42.3 Å². The van der Waals surface area contributed by atoms with Crippen LogP contribution in [0.25, 0.3) is 5.69 Å². The molecule has 4 nitrogen and oxygen atoms in total. The van der Waals surface area contributed by atoms with E-state index in [2.05, 4.69) is 17.2 Å². The van der Waals surface area contributed by atoms with Crippen LogP contribution in [-0.4, -0.2) is 15.5 Å². The first kappa shape index (κ1) is 14.1. The van der Waals surface area contributed by atoms with Crippen LogP contribution in [0.15, 0.2) is 67.3 Å². The van der Waals surface area contributed by atoms with Crippen LogP contribution in [-0.2, 0) is 6.42 Å². The molecule has 2 aromatic carbocycles. The van der Waals surface area contributed by atoms with E-state index in [4.69, 9.17) is 0 Å². The number of aromatic nitrogens is 2. The Kier molecular flexibility index (Phi) is 4.01. The second kappa shape index (κ2) is 6.26. The Balaban J connectivity index is 1.78. The molecule has 4 heteroatoms. The lowest BCUT2D eigenvalue weighted by atomic mass is 10.1. The number of hydrogen-bond acceptors (Lipinski definition) is 2. The van der Waals surface area contributed by atoms with Gasteiger partial charge in [0.05, 0.1) is 6.33 Å². The molecule has 0 unspecified atom stereocenters. The monoisotopic (exact) mass is 291 g/mol. The molecule has 0 bridgehead atoms. The molecule has 1 N–H and O–H groups in total. The summed E-state index contributed by atoms with van der Waals surface area (Å²) in [6.07, 6.45) is 6.21. The van der Waals surface area contributed by atoms with Gasteiger partial charge in [0.15, 0.2) is 0 Å². The minimum absolute atomic E-state index is 0.0990. The van der Waals surface area contributed by atoms with E-state index in [0.717, 1.165) is 23.4 Å². The number of benzene rings is 2. The Morgan fingerprint density at radius 1 is 1.14 bits per heavy atom. The smallest absolute Gasteiger partial charge is 0.255 e. The zero-order chi connectivity index (χ0) is 15.4. The van der Waals surface area contributed by atoms with Gasteiger partial charge in [0.25, 0.3) is 5.91 Å². The average molecular weight is 291 g/mol. The predicted molar refractivity (Wildman–Crippen MR) is 87.3 cm³/mol. The average Bonchev–Trinajstić information content (AvgIpc) is 3.10. The Morgan fingerprint density at radius 2 is 1.91 bits per heavy atom. The molecule has 0 aliphatic heterocycles. The van der Waals surface area contributed by atoms with Crippen molar-refractivity contribution in [2.24, 2.45) is 0 Å². The van der Waals surface area contributed by atoms with E-state index >= 15 is 0 Å². The Labute approximate surface area is 129 Å². The lowest BCUT2D eigenvalue weighted by Gasteiger charge is -2.10. The largest absolute Gasteiger partial charge is 0.322 e. The van der Waals surface area contributed by atoms with E-state index in [1.165, 1.54) is 0 Å². The third-order valence-corrected chi connectivity index (χ3v) is 3.58. The number of rotatable bonds is 4. The van der Waals surface area contributed by atoms with Crippen LogP contribution in [0, 0.1) is 0 Å². The van der Waals surface area contributed by atoms with Crippen molar-refractivity contribution in [1.82, 2.24) is 9.55 Å². The second-order valence-corrected chi connectivity index (χ2v) is 4.98. The van der Waals surface area contributed by atoms with Gasteiger partial charge in [-0.2, -0.15) is 0 Å². The SMILES string of the molecule is CCc1ccccc1NC(=O)c1ccc(-n2ccnc2)cc1. The van der Waals surface area contributed by atoms with Crippen LogP contribution < -0.4 is 5.32 Å². The quantitative estimate of drug-likeness (QED) is 0.797. The molecule has 1 amide bonds. The molecule has 0 fully saturated rings. The molecule has 3 aromatic rings. The van der Waals surface area contributed by atoms with Crippen molar-refractivity contribution in [2.45, 2.75) is 13.3 Å². The van der Waals surface area contributed by atoms with Crippen molar-refractivity contribution in [3.05, 3.63) is 78.4 Å². The third kappa shape index (κ3) is 2.91. The molecule has 0 spiro atoms. The number of carbonyl (C=O) groups excluding carboxylic acids is 1. The highest BCUT2D eigenvalue weighted by atomic mass is 16.1. The van der Waals surface area contributed by atoms with E-state index < -0.39 is 0 Å². The second-order valence-electron chi connectivity index (χ2n) is 4.98. The molecular weight excluding hydrogens is 274 g/mol. The topological polar surface area (TPSA) is 46.9 Å². The molecule has 0 saturated carbocycles. The van der Waals surface area contributed by atoms with Gasteiger partial charge >= 0.3 is 0 Å². The fraction of sp³-hybridized carbons (Fsp3) is 0.111. The minimum Gasteiger partial charge on any atom is -0.322 e. The third-order valence-electron chi connectivity index (χ3n) is 3.58. The van der Waals surface area contributed by atoms with Gasteiger partial charge in [-0.1, -0.05) is 25.1 Å². The molecule has 0 atom stereocenters. The summed E-state index contributed by atoms with van der Waals surface area (Å²) in [6.45, 7) is 2.07. The molecule has 3 rings (SSSR count). The van der Waals surface area contributed by atoms with E-state index in [1.54, 1.807) is 12.5 Å². The molecule has 0 aliphatic carbocycles. The summed E-state index contributed by atoms with van der Waals surface area (Å²) in [5, 5.41) is 2.97. The Bertz CT molecular complexity index is 761. The number of imidazole rings is 1. The number of anilines is 1. The summed E-state index contributed by atoms with van der Waals surface area (Å²) in [6, 6.07) is 15.3. The first-order chi connectivity index (χ1) is 10.8. The van der Waals surface area contributed by atoms with E-state index in [1.807, 2.05) is 59.3 Å². The van der Waals surface area contributed by atoms with Crippen LogP contribution in [0.2, 0.25) is 0 Å². The number of amides is 1. The molecule has 1 heterocycles. The zero-order valence-electron chi connectivity index (χ0n) is 12.4.